The molecule has 0 N–H and O–H groups in total. The standard InChI is InChI=1S/C15H17N5/c1-12-9-18-19(10-12)11-14-5-3-7-20(14)15-13(8-16)4-2-6-17-15/h2,4,6,9-10,14H,3,5,7,11H2,1H3/t14-/m0/s1. The third kappa shape index (κ3) is 2.37. The molecule has 0 bridgehead atoms. The van der Waals surface area contributed by atoms with Crippen molar-refractivity contribution in [3.63, 3.8) is 0 Å². The summed E-state index contributed by atoms with van der Waals surface area (Å²) < 4.78 is 1.98. The molecule has 1 aliphatic rings. The molecule has 1 atom stereocenters. The van der Waals surface area contributed by atoms with E-state index in [4.69, 9.17) is 0 Å². The second kappa shape index (κ2) is 5.33. The zero-order valence-electron chi connectivity index (χ0n) is 11.5. The van der Waals surface area contributed by atoms with Crippen LogP contribution in [0.25, 0.3) is 0 Å². The number of anilines is 1. The van der Waals surface area contributed by atoms with Crippen LogP contribution in [-0.2, 0) is 6.54 Å². The second-order valence-corrected chi connectivity index (χ2v) is 5.22. The SMILES string of the molecule is Cc1cnn(C[C@@H]2CCCN2c2ncccc2C#N)c1. The van der Waals surface area contributed by atoms with Crippen LogP contribution in [0.5, 0.6) is 0 Å². The zero-order chi connectivity index (χ0) is 13.9. The quantitative estimate of drug-likeness (QED) is 0.854. The van der Waals surface area contributed by atoms with Gasteiger partial charge in [0.05, 0.1) is 24.3 Å². The molecule has 0 radical (unpaired) electrons. The maximum atomic E-state index is 9.22. The Bertz CT molecular complexity index is 640. The third-order valence-corrected chi connectivity index (χ3v) is 3.72. The zero-order valence-corrected chi connectivity index (χ0v) is 11.5. The number of aryl methyl sites for hydroxylation is 1. The fourth-order valence-electron chi connectivity index (χ4n) is 2.80. The van der Waals surface area contributed by atoms with Crippen molar-refractivity contribution in [1.82, 2.24) is 14.8 Å². The van der Waals surface area contributed by atoms with Crippen LogP contribution in [-0.4, -0.2) is 27.4 Å². The van der Waals surface area contributed by atoms with E-state index >= 15 is 0 Å². The van der Waals surface area contributed by atoms with Gasteiger partial charge >= 0.3 is 0 Å². The number of nitrogens with zero attached hydrogens (tertiary/aromatic N) is 5. The molecule has 0 unspecified atom stereocenters. The molecule has 3 heterocycles. The minimum Gasteiger partial charge on any atom is -0.351 e. The highest BCUT2D eigenvalue weighted by atomic mass is 15.3. The minimum absolute atomic E-state index is 0.358. The molecule has 1 saturated heterocycles. The maximum Gasteiger partial charge on any atom is 0.146 e. The number of aromatic nitrogens is 3. The van der Waals surface area contributed by atoms with E-state index in [1.165, 1.54) is 5.56 Å². The lowest BCUT2D eigenvalue weighted by Gasteiger charge is -2.26. The monoisotopic (exact) mass is 267 g/mol. The van der Waals surface area contributed by atoms with Crippen LogP contribution < -0.4 is 4.90 Å². The van der Waals surface area contributed by atoms with Crippen molar-refractivity contribution in [1.29, 1.82) is 5.26 Å². The Morgan fingerprint density at radius 1 is 1.50 bits per heavy atom. The van der Waals surface area contributed by atoms with Gasteiger partial charge in [0.25, 0.3) is 0 Å². The molecular weight excluding hydrogens is 250 g/mol. The van der Waals surface area contributed by atoms with E-state index in [0.29, 0.717) is 11.6 Å². The van der Waals surface area contributed by atoms with Crippen molar-refractivity contribution < 1.29 is 0 Å². The average molecular weight is 267 g/mol. The predicted octanol–water partition coefficient (Wildman–Crippen LogP) is 2.13. The van der Waals surface area contributed by atoms with Gasteiger partial charge in [0.1, 0.15) is 11.9 Å². The summed E-state index contributed by atoms with van der Waals surface area (Å²) in [5, 5.41) is 13.6. The molecule has 1 aliphatic heterocycles. The van der Waals surface area contributed by atoms with Crippen LogP contribution in [0.3, 0.4) is 0 Å². The Labute approximate surface area is 118 Å². The summed E-state index contributed by atoms with van der Waals surface area (Å²) in [5.41, 5.74) is 1.82. The first-order chi connectivity index (χ1) is 9.78. The van der Waals surface area contributed by atoms with Crippen LogP contribution in [0, 0.1) is 18.3 Å². The van der Waals surface area contributed by atoms with Gasteiger partial charge in [0, 0.05) is 18.9 Å². The lowest BCUT2D eigenvalue weighted by Crippen LogP contribution is -2.34. The molecule has 5 nitrogen and oxygen atoms in total. The van der Waals surface area contributed by atoms with Gasteiger partial charge < -0.3 is 4.90 Å². The first-order valence-corrected chi connectivity index (χ1v) is 6.89. The van der Waals surface area contributed by atoms with E-state index in [9.17, 15) is 5.26 Å². The molecule has 0 aliphatic carbocycles. The van der Waals surface area contributed by atoms with E-state index in [-0.39, 0.29) is 0 Å². The molecule has 2 aromatic rings. The van der Waals surface area contributed by atoms with Crippen LogP contribution in [0.4, 0.5) is 5.82 Å². The molecule has 102 valence electrons. The minimum atomic E-state index is 0.358. The lowest BCUT2D eigenvalue weighted by atomic mass is 10.2. The Morgan fingerprint density at radius 3 is 3.15 bits per heavy atom. The van der Waals surface area contributed by atoms with Gasteiger partial charge in [-0.25, -0.2) is 4.98 Å². The van der Waals surface area contributed by atoms with Crippen molar-refractivity contribution in [2.75, 3.05) is 11.4 Å². The first-order valence-electron chi connectivity index (χ1n) is 6.89. The Morgan fingerprint density at radius 2 is 2.40 bits per heavy atom. The lowest BCUT2D eigenvalue weighted by molar-refractivity contribution is 0.507. The molecule has 3 rings (SSSR count). The van der Waals surface area contributed by atoms with E-state index in [2.05, 4.69) is 27.2 Å². The van der Waals surface area contributed by atoms with Crippen LogP contribution in [0.1, 0.15) is 24.0 Å². The predicted molar refractivity (Wildman–Crippen MR) is 76.3 cm³/mol. The number of hydrogen-bond acceptors (Lipinski definition) is 4. The van der Waals surface area contributed by atoms with Crippen molar-refractivity contribution >= 4 is 5.82 Å². The normalized spacial score (nSPS) is 18.2. The van der Waals surface area contributed by atoms with Gasteiger partial charge in [-0.2, -0.15) is 10.4 Å². The smallest absolute Gasteiger partial charge is 0.146 e. The van der Waals surface area contributed by atoms with E-state index in [0.717, 1.165) is 31.7 Å². The molecule has 2 aromatic heterocycles. The highest BCUT2D eigenvalue weighted by molar-refractivity contribution is 5.54. The molecule has 0 saturated carbocycles. The van der Waals surface area contributed by atoms with Gasteiger partial charge in [-0.05, 0) is 37.5 Å². The summed E-state index contributed by atoms with van der Waals surface area (Å²) in [5.74, 6) is 0.807. The number of hydrogen-bond donors (Lipinski definition) is 0. The maximum absolute atomic E-state index is 9.22. The number of pyridine rings is 1. The summed E-state index contributed by atoms with van der Waals surface area (Å²) in [4.78, 5) is 6.65. The second-order valence-electron chi connectivity index (χ2n) is 5.22. The molecule has 5 heteroatoms. The van der Waals surface area contributed by atoms with Gasteiger partial charge in [-0.3, -0.25) is 4.68 Å². The summed E-state index contributed by atoms with van der Waals surface area (Å²) in [6, 6.07) is 6.23. The van der Waals surface area contributed by atoms with Gasteiger partial charge in [-0.15, -0.1) is 0 Å². The van der Waals surface area contributed by atoms with Crippen LogP contribution >= 0.6 is 0 Å². The van der Waals surface area contributed by atoms with Gasteiger partial charge in [0.2, 0.25) is 0 Å². The summed E-state index contributed by atoms with van der Waals surface area (Å²) >= 11 is 0. The summed E-state index contributed by atoms with van der Waals surface area (Å²) in [6.07, 6.45) is 7.93. The van der Waals surface area contributed by atoms with Gasteiger partial charge in [-0.1, -0.05) is 0 Å². The van der Waals surface area contributed by atoms with Crippen molar-refractivity contribution in [3.05, 3.63) is 41.9 Å². The third-order valence-electron chi connectivity index (χ3n) is 3.72. The molecule has 0 aromatic carbocycles. The first kappa shape index (κ1) is 12.7. The number of nitriles is 1. The Kier molecular flexibility index (Phi) is 3.38. The van der Waals surface area contributed by atoms with E-state index in [1.807, 2.05) is 29.9 Å². The number of rotatable bonds is 3. The van der Waals surface area contributed by atoms with Crippen LogP contribution in [0.15, 0.2) is 30.7 Å². The Balaban J connectivity index is 1.84. The molecule has 1 fully saturated rings. The topological polar surface area (TPSA) is 57.7 Å². The average Bonchev–Trinajstić information content (AvgIpc) is 3.08. The fraction of sp³-hybridized carbons (Fsp3) is 0.400. The Hall–Kier alpha value is -2.35. The molecule has 0 spiro atoms. The molecule has 0 amide bonds. The van der Waals surface area contributed by atoms with Crippen molar-refractivity contribution in [2.24, 2.45) is 0 Å². The van der Waals surface area contributed by atoms with E-state index < -0.39 is 0 Å². The summed E-state index contributed by atoms with van der Waals surface area (Å²) in [7, 11) is 0. The summed E-state index contributed by atoms with van der Waals surface area (Å²) in [6.45, 7) is 3.84. The highest BCUT2D eigenvalue weighted by Crippen LogP contribution is 2.27. The van der Waals surface area contributed by atoms with E-state index in [1.54, 1.807) is 6.20 Å². The van der Waals surface area contributed by atoms with Crippen molar-refractivity contribution in [2.45, 2.75) is 32.4 Å². The van der Waals surface area contributed by atoms with Gasteiger partial charge in [0.15, 0.2) is 0 Å². The van der Waals surface area contributed by atoms with Crippen molar-refractivity contribution in [3.8, 4) is 6.07 Å². The molecule has 20 heavy (non-hydrogen) atoms. The molecular formula is C15H17N5. The highest BCUT2D eigenvalue weighted by Gasteiger charge is 2.27. The largest absolute Gasteiger partial charge is 0.351 e. The fourth-order valence-corrected chi connectivity index (χ4v) is 2.80. The van der Waals surface area contributed by atoms with Crippen LogP contribution in [0.2, 0.25) is 0 Å².